The number of amides is 1. The molecule has 2 heterocycles. The van der Waals surface area contributed by atoms with Crippen LogP contribution in [0, 0.1) is 17.0 Å². The van der Waals surface area contributed by atoms with Crippen molar-refractivity contribution >= 4 is 17.3 Å². The molecule has 10 nitrogen and oxygen atoms in total. The molecule has 0 saturated carbocycles. The molecule has 0 aliphatic carbocycles. The van der Waals surface area contributed by atoms with Crippen molar-refractivity contribution in [2.24, 2.45) is 0 Å². The zero-order valence-corrected chi connectivity index (χ0v) is 17.9. The molecule has 13 heteroatoms. The maximum absolute atomic E-state index is 13.3. The smallest absolute Gasteiger partial charge is 0.319 e. The minimum Gasteiger partial charge on any atom is -0.319 e. The predicted molar refractivity (Wildman–Crippen MR) is 118 cm³/mol. The van der Waals surface area contributed by atoms with Gasteiger partial charge in [-0.15, -0.1) is 0 Å². The van der Waals surface area contributed by atoms with Crippen LogP contribution in [0.1, 0.15) is 21.7 Å². The third kappa shape index (κ3) is 4.64. The fourth-order valence-corrected chi connectivity index (χ4v) is 3.35. The zero-order chi connectivity index (χ0) is 25.3. The van der Waals surface area contributed by atoms with Crippen molar-refractivity contribution < 1.29 is 22.9 Å². The van der Waals surface area contributed by atoms with Gasteiger partial charge in [-0.05, 0) is 37.3 Å². The van der Waals surface area contributed by atoms with E-state index < -0.39 is 33.7 Å². The number of carbonyl (C=O) groups excluding carboxylic acids is 1. The molecule has 2 aromatic carbocycles. The Morgan fingerprint density at radius 1 is 1.09 bits per heavy atom. The molecule has 0 fully saturated rings. The van der Waals surface area contributed by atoms with E-state index in [2.05, 4.69) is 15.5 Å². The summed E-state index contributed by atoms with van der Waals surface area (Å²) in [7, 11) is 0. The Labute approximate surface area is 194 Å². The summed E-state index contributed by atoms with van der Waals surface area (Å²) in [5, 5.41) is 21.7. The number of hydrogen-bond donors (Lipinski definition) is 1. The summed E-state index contributed by atoms with van der Waals surface area (Å²) in [5.41, 5.74) is -2.79. The van der Waals surface area contributed by atoms with Gasteiger partial charge in [-0.25, -0.2) is 9.36 Å². The summed E-state index contributed by atoms with van der Waals surface area (Å²) >= 11 is 0. The quantitative estimate of drug-likeness (QED) is 0.338. The van der Waals surface area contributed by atoms with Gasteiger partial charge in [-0.2, -0.15) is 23.4 Å². The molecule has 4 rings (SSSR count). The SMILES string of the molecule is Cc1cc(=O)c(C(=O)Nc2cc(C(F)(F)F)ccc2-n2cccn2)nn1-c1ccccc1[N+](=O)[O-]. The molecule has 0 saturated heterocycles. The molecule has 178 valence electrons. The van der Waals surface area contributed by atoms with Crippen LogP contribution in [-0.2, 0) is 6.18 Å². The number of nitrogens with one attached hydrogen (secondary N) is 1. The lowest BCUT2D eigenvalue weighted by Gasteiger charge is -2.15. The Kier molecular flexibility index (Phi) is 5.91. The number of aryl methyl sites for hydroxylation is 1. The summed E-state index contributed by atoms with van der Waals surface area (Å²) in [5.74, 6) is -1.10. The number of halogens is 3. The Morgan fingerprint density at radius 3 is 2.49 bits per heavy atom. The molecule has 35 heavy (non-hydrogen) atoms. The van der Waals surface area contributed by atoms with E-state index in [4.69, 9.17) is 0 Å². The Balaban J connectivity index is 1.80. The molecular formula is C22H15F3N6O4. The Morgan fingerprint density at radius 2 is 1.83 bits per heavy atom. The van der Waals surface area contributed by atoms with E-state index in [0.29, 0.717) is 6.07 Å². The van der Waals surface area contributed by atoms with Crippen molar-refractivity contribution in [2.45, 2.75) is 13.1 Å². The van der Waals surface area contributed by atoms with Crippen molar-refractivity contribution in [1.29, 1.82) is 0 Å². The fraction of sp³-hybridized carbons (Fsp3) is 0.0909. The first-order valence-corrected chi connectivity index (χ1v) is 9.93. The third-order valence-electron chi connectivity index (χ3n) is 4.95. The lowest BCUT2D eigenvalue weighted by molar-refractivity contribution is -0.384. The molecule has 0 radical (unpaired) electrons. The van der Waals surface area contributed by atoms with Crippen LogP contribution in [-0.4, -0.2) is 30.4 Å². The molecule has 1 N–H and O–H groups in total. The molecule has 2 aromatic heterocycles. The van der Waals surface area contributed by atoms with E-state index in [1.807, 2.05) is 0 Å². The summed E-state index contributed by atoms with van der Waals surface area (Å²) < 4.78 is 42.2. The van der Waals surface area contributed by atoms with Gasteiger partial charge < -0.3 is 5.32 Å². The van der Waals surface area contributed by atoms with E-state index in [1.54, 1.807) is 0 Å². The standard InChI is InChI=1S/C22H15F3N6O4/c1-13-11-19(32)20(28-30(13)17-5-2-3-6-18(17)31(34)35)21(33)27-15-12-14(22(23,24)25)7-8-16(15)29-10-4-9-26-29/h2-12H,1H3,(H,27,33). The minimum absolute atomic E-state index is 0.000323. The highest BCUT2D eigenvalue weighted by atomic mass is 19.4. The normalized spacial score (nSPS) is 11.3. The van der Waals surface area contributed by atoms with Gasteiger partial charge >= 0.3 is 6.18 Å². The van der Waals surface area contributed by atoms with E-state index in [-0.39, 0.29) is 28.4 Å². The maximum Gasteiger partial charge on any atom is 0.416 e. The maximum atomic E-state index is 13.3. The van der Waals surface area contributed by atoms with Crippen molar-refractivity contribution in [1.82, 2.24) is 19.6 Å². The first kappa shape index (κ1) is 23.4. The van der Waals surface area contributed by atoms with Crippen LogP contribution in [0.3, 0.4) is 0 Å². The molecule has 1 amide bonds. The molecule has 0 spiro atoms. The first-order chi connectivity index (χ1) is 16.6. The molecule has 0 bridgehead atoms. The van der Waals surface area contributed by atoms with E-state index in [9.17, 15) is 32.9 Å². The lowest BCUT2D eigenvalue weighted by Crippen LogP contribution is -2.27. The van der Waals surface area contributed by atoms with Gasteiger partial charge in [0, 0.05) is 30.2 Å². The number of rotatable bonds is 5. The second-order valence-corrected chi connectivity index (χ2v) is 7.29. The topological polar surface area (TPSA) is 125 Å². The highest BCUT2D eigenvalue weighted by molar-refractivity contribution is 6.03. The van der Waals surface area contributed by atoms with E-state index in [0.717, 1.165) is 22.9 Å². The Bertz CT molecular complexity index is 1500. The molecule has 0 atom stereocenters. The van der Waals surface area contributed by atoms with Crippen molar-refractivity contribution in [3.05, 3.63) is 104 Å². The number of anilines is 1. The van der Waals surface area contributed by atoms with Crippen molar-refractivity contribution in [2.75, 3.05) is 5.32 Å². The van der Waals surface area contributed by atoms with Gasteiger partial charge in [-0.3, -0.25) is 19.7 Å². The van der Waals surface area contributed by atoms with Crippen LogP contribution in [0.2, 0.25) is 0 Å². The number of hydrogen-bond acceptors (Lipinski definition) is 6. The molecule has 0 aliphatic heterocycles. The van der Waals surface area contributed by atoms with Gasteiger partial charge in [0.2, 0.25) is 5.43 Å². The largest absolute Gasteiger partial charge is 0.416 e. The number of alkyl halides is 3. The van der Waals surface area contributed by atoms with Gasteiger partial charge in [-0.1, -0.05) is 12.1 Å². The number of nitrogens with zero attached hydrogens (tertiary/aromatic N) is 5. The average Bonchev–Trinajstić information content (AvgIpc) is 3.33. The lowest BCUT2D eigenvalue weighted by atomic mass is 10.1. The second kappa shape index (κ2) is 8.85. The molecule has 0 aliphatic rings. The van der Waals surface area contributed by atoms with Gasteiger partial charge in [0.25, 0.3) is 11.6 Å². The number of aromatic nitrogens is 4. The summed E-state index contributed by atoms with van der Waals surface area (Å²) in [6.07, 6.45) is -1.83. The summed E-state index contributed by atoms with van der Waals surface area (Å²) in [6.45, 7) is 1.47. The van der Waals surface area contributed by atoms with Crippen LogP contribution >= 0.6 is 0 Å². The van der Waals surface area contributed by atoms with Crippen molar-refractivity contribution in [3.63, 3.8) is 0 Å². The number of para-hydroxylation sites is 2. The summed E-state index contributed by atoms with van der Waals surface area (Å²) in [6, 6.07) is 10.8. The highest BCUT2D eigenvalue weighted by Gasteiger charge is 2.31. The predicted octanol–water partition coefficient (Wildman–Crippen LogP) is 3.91. The Hall–Kier alpha value is -4.81. The van der Waals surface area contributed by atoms with Crippen LogP contribution in [0.15, 0.2) is 71.8 Å². The molecule has 0 unspecified atom stereocenters. The monoisotopic (exact) mass is 484 g/mol. The number of benzene rings is 2. The number of carbonyl (C=O) groups is 1. The third-order valence-corrected chi connectivity index (χ3v) is 4.95. The highest BCUT2D eigenvalue weighted by Crippen LogP contribution is 2.33. The number of nitro groups is 1. The van der Waals surface area contributed by atoms with Crippen LogP contribution in [0.4, 0.5) is 24.5 Å². The molecular weight excluding hydrogens is 469 g/mol. The van der Waals surface area contributed by atoms with Crippen LogP contribution < -0.4 is 10.7 Å². The van der Waals surface area contributed by atoms with Crippen LogP contribution in [0.25, 0.3) is 11.4 Å². The van der Waals surface area contributed by atoms with Crippen LogP contribution in [0.5, 0.6) is 0 Å². The van der Waals surface area contributed by atoms with Gasteiger partial charge in [0.1, 0.15) is 5.69 Å². The average molecular weight is 484 g/mol. The van der Waals surface area contributed by atoms with E-state index >= 15 is 0 Å². The minimum atomic E-state index is -4.69. The zero-order valence-electron chi connectivity index (χ0n) is 17.9. The summed E-state index contributed by atoms with van der Waals surface area (Å²) in [4.78, 5) is 36.3. The second-order valence-electron chi connectivity index (χ2n) is 7.29. The first-order valence-electron chi connectivity index (χ1n) is 9.93. The van der Waals surface area contributed by atoms with Gasteiger partial charge in [0.05, 0.1) is 21.9 Å². The fourth-order valence-electron chi connectivity index (χ4n) is 3.35. The van der Waals surface area contributed by atoms with Crippen molar-refractivity contribution in [3.8, 4) is 11.4 Å². The molecule has 4 aromatic rings. The van der Waals surface area contributed by atoms with E-state index in [1.165, 1.54) is 54.3 Å². The number of nitro benzene ring substituents is 1. The van der Waals surface area contributed by atoms with Gasteiger partial charge in [0.15, 0.2) is 5.69 Å².